The van der Waals surface area contributed by atoms with Gasteiger partial charge in [-0.05, 0) is 42.8 Å². The normalized spacial score (nSPS) is 30.2. The zero-order chi connectivity index (χ0) is 48.4. The van der Waals surface area contributed by atoms with Crippen LogP contribution in [0.2, 0.25) is 0 Å². The van der Waals surface area contributed by atoms with Crippen LogP contribution in [-0.2, 0) is 71.3 Å². The van der Waals surface area contributed by atoms with Crippen LogP contribution in [0.1, 0.15) is 65.2 Å². The number of esters is 7. The monoisotopic (exact) mass is 935 g/mol. The first-order valence-electron chi connectivity index (χ1n) is 21.3. The number of rotatable bonds is 16. The number of hydrogen-bond donors (Lipinski definition) is 3. The molecule has 1 saturated carbocycles. The zero-order valence-electron chi connectivity index (χ0n) is 36.9. The molecule has 21 nitrogen and oxygen atoms in total. The maximum absolute atomic E-state index is 13.9. The van der Waals surface area contributed by atoms with Crippen LogP contribution < -0.4 is 17.2 Å². The number of hydrogen-bond acceptors (Lipinski definition) is 21. The number of benzene rings is 3. The molecule has 3 aliphatic rings. The van der Waals surface area contributed by atoms with E-state index in [9.17, 15) is 33.6 Å². The summed E-state index contributed by atoms with van der Waals surface area (Å²) in [5.74, 6) is -5.65. The molecule has 3 aromatic carbocycles. The SMILES string of the molecule is CC(=O)OCC1OC(OC2C(N)CC(N)C(OC(C)=O)C2OC2OC(COC(=O)c3ccccc3)C(OC(=O)c3ccccc3)C2OC(=O)c2ccccc2)C(N)C(OC(C)=O)C1OC(C)=O. The molecule has 6 rings (SSSR count). The molecule has 2 aliphatic heterocycles. The second-order valence-corrected chi connectivity index (χ2v) is 15.9. The Balaban J connectivity index is 1.39. The quantitative estimate of drug-likeness (QED) is 0.134. The molecule has 0 bridgehead atoms. The Bertz CT molecular complexity index is 2200. The fourth-order valence-corrected chi connectivity index (χ4v) is 7.85. The lowest BCUT2D eigenvalue weighted by molar-refractivity contribution is -0.313. The van der Waals surface area contributed by atoms with E-state index in [-0.39, 0.29) is 23.1 Å². The molecule has 2 heterocycles. The predicted octanol–water partition coefficient (Wildman–Crippen LogP) is 1.26. The fraction of sp³-hybridized carbons (Fsp3) is 0.457. The van der Waals surface area contributed by atoms with Crippen molar-refractivity contribution in [2.24, 2.45) is 17.2 Å². The van der Waals surface area contributed by atoms with Crippen LogP contribution in [0.4, 0.5) is 0 Å². The van der Waals surface area contributed by atoms with Crippen LogP contribution in [0.25, 0.3) is 0 Å². The predicted molar refractivity (Wildman–Crippen MR) is 227 cm³/mol. The van der Waals surface area contributed by atoms with Gasteiger partial charge in [0.05, 0.1) is 22.7 Å². The first-order valence-corrected chi connectivity index (χ1v) is 21.3. The molecule has 6 N–H and O–H groups in total. The molecule has 67 heavy (non-hydrogen) atoms. The van der Waals surface area contributed by atoms with Crippen molar-refractivity contribution in [1.29, 1.82) is 0 Å². The van der Waals surface area contributed by atoms with Crippen LogP contribution in [-0.4, -0.2) is 141 Å². The van der Waals surface area contributed by atoms with Gasteiger partial charge in [0.15, 0.2) is 37.0 Å². The van der Waals surface area contributed by atoms with Crippen molar-refractivity contribution in [3.8, 4) is 0 Å². The highest BCUT2D eigenvalue weighted by Gasteiger charge is 2.57. The van der Waals surface area contributed by atoms with Gasteiger partial charge in [0.2, 0.25) is 0 Å². The summed E-state index contributed by atoms with van der Waals surface area (Å²) in [4.78, 5) is 90.2. The lowest BCUT2D eigenvalue weighted by Crippen LogP contribution is -2.69. The molecule has 14 atom stereocenters. The smallest absolute Gasteiger partial charge is 0.338 e. The van der Waals surface area contributed by atoms with E-state index in [0.29, 0.717) is 0 Å². The summed E-state index contributed by atoms with van der Waals surface area (Å²) in [7, 11) is 0. The average molecular weight is 936 g/mol. The molecule has 360 valence electrons. The molecular weight excluding hydrogens is 883 g/mol. The molecule has 3 aromatic rings. The summed E-state index contributed by atoms with van der Waals surface area (Å²) >= 11 is 0. The van der Waals surface area contributed by atoms with Crippen molar-refractivity contribution < 1.29 is 85.7 Å². The van der Waals surface area contributed by atoms with Gasteiger partial charge in [-0.15, -0.1) is 0 Å². The minimum atomic E-state index is -1.74. The van der Waals surface area contributed by atoms with Crippen molar-refractivity contribution in [2.45, 2.75) is 120 Å². The molecule has 2 saturated heterocycles. The molecule has 0 radical (unpaired) electrons. The lowest BCUT2D eigenvalue weighted by Gasteiger charge is -2.48. The molecule has 1 aliphatic carbocycles. The van der Waals surface area contributed by atoms with Gasteiger partial charge in [-0.2, -0.15) is 0 Å². The molecule has 0 amide bonds. The maximum Gasteiger partial charge on any atom is 0.338 e. The molecular formula is C46H53N3O18. The summed E-state index contributed by atoms with van der Waals surface area (Å²) in [5.41, 5.74) is 20.4. The van der Waals surface area contributed by atoms with Crippen molar-refractivity contribution in [3.63, 3.8) is 0 Å². The summed E-state index contributed by atoms with van der Waals surface area (Å²) in [6, 6.07) is 20.2. The van der Waals surface area contributed by atoms with E-state index in [4.69, 9.17) is 69.3 Å². The summed E-state index contributed by atoms with van der Waals surface area (Å²) in [5, 5.41) is 0. The standard InChI is InChI=1S/C46H53N3O18/c1-23(50)57-21-32-37(60-25(3)52)39(61-26(4)53)34(49)45(62-32)66-36-31(48)20-30(47)35(59-24(2)51)40(36)67-46-41(65-44(56)29-18-12-7-13-19-29)38(64-43(55)28-16-10-6-11-17-28)33(63-46)22-58-42(54)27-14-8-5-9-15-27/h5-19,30-41,45-46H,20-22,47-49H2,1-4H3. The van der Waals surface area contributed by atoms with Crippen molar-refractivity contribution in [1.82, 2.24) is 0 Å². The van der Waals surface area contributed by atoms with Crippen LogP contribution in [0.15, 0.2) is 91.0 Å². The Morgan fingerprint density at radius 1 is 0.448 bits per heavy atom. The highest BCUT2D eigenvalue weighted by Crippen LogP contribution is 2.37. The molecule has 14 unspecified atom stereocenters. The van der Waals surface area contributed by atoms with Crippen LogP contribution >= 0.6 is 0 Å². The summed E-state index contributed by atoms with van der Waals surface area (Å²) < 4.78 is 65.3. The van der Waals surface area contributed by atoms with Gasteiger partial charge >= 0.3 is 41.8 Å². The topological polar surface area (TPSA) is 299 Å². The van der Waals surface area contributed by atoms with E-state index in [0.717, 1.165) is 27.7 Å². The zero-order valence-corrected chi connectivity index (χ0v) is 36.9. The van der Waals surface area contributed by atoms with Gasteiger partial charge in [-0.25, -0.2) is 14.4 Å². The Labute approximate surface area is 384 Å². The van der Waals surface area contributed by atoms with E-state index in [1.54, 1.807) is 54.6 Å². The number of carbonyl (C=O) groups is 7. The molecule has 0 aromatic heterocycles. The average Bonchev–Trinajstić information content (AvgIpc) is 3.60. The van der Waals surface area contributed by atoms with Gasteiger partial charge in [0.25, 0.3) is 0 Å². The Kier molecular flexibility index (Phi) is 17.1. The third-order valence-corrected chi connectivity index (χ3v) is 10.8. The lowest BCUT2D eigenvalue weighted by atomic mass is 9.84. The maximum atomic E-state index is 13.9. The number of carbonyl (C=O) groups excluding carboxylic acids is 7. The number of ether oxygens (including phenoxy) is 11. The Hall–Kier alpha value is -6.33. The van der Waals surface area contributed by atoms with Crippen LogP contribution in [0.5, 0.6) is 0 Å². The van der Waals surface area contributed by atoms with E-state index < -0.39 is 141 Å². The molecule has 3 fully saturated rings. The Morgan fingerprint density at radius 2 is 0.851 bits per heavy atom. The third kappa shape index (κ3) is 13.0. The van der Waals surface area contributed by atoms with Crippen LogP contribution in [0.3, 0.4) is 0 Å². The van der Waals surface area contributed by atoms with Gasteiger partial charge in [0, 0.05) is 39.8 Å². The first-order chi connectivity index (χ1) is 32.0. The molecule has 21 heteroatoms. The van der Waals surface area contributed by atoms with Crippen molar-refractivity contribution in [2.75, 3.05) is 13.2 Å². The second kappa shape index (κ2) is 22.9. The summed E-state index contributed by atoms with van der Waals surface area (Å²) in [6.45, 7) is 3.38. The van der Waals surface area contributed by atoms with E-state index in [2.05, 4.69) is 0 Å². The first kappa shape index (κ1) is 50.1. The minimum absolute atomic E-state index is 0.0575. The van der Waals surface area contributed by atoms with Gasteiger partial charge < -0.3 is 69.3 Å². The Morgan fingerprint density at radius 3 is 1.36 bits per heavy atom. The highest BCUT2D eigenvalue weighted by molar-refractivity contribution is 5.91. The van der Waals surface area contributed by atoms with Gasteiger partial charge in [0.1, 0.15) is 43.7 Å². The van der Waals surface area contributed by atoms with Gasteiger partial charge in [-0.3, -0.25) is 19.2 Å². The highest BCUT2D eigenvalue weighted by atomic mass is 16.8. The third-order valence-electron chi connectivity index (χ3n) is 10.8. The van der Waals surface area contributed by atoms with Crippen molar-refractivity contribution in [3.05, 3.63) is 108 Å². The van der Waals surface area contributed by atoms with E-state index >= 15 is 0 Å². The minimum Gasteiger partial charge on any atom is -0.463 e. The van der Waals surface area contributed by atoms with Crippen molar-refractivity contribution >= 4 is 41.8 Å². The largest absolute Gasteiger partial charge is 0.463 e. The summed E-state index contributed by atoms with van der Waals surface area (Å²) in [6.07, 6.45) is -16.5. The van der Waals surface area contributed by atoms with Crippen LogP contribution in [0, 0.1) is 0 Å². The molecule has 0 spiro atoms. The van der Waals surface area contributed by atoms with E-state index in [1.165, 1.54) is 36.4 Å². The van der Waals surface area contributed by atoms with E-state index in [1.807, 2.05) is 0 Å². The number of nitrogens with two attached hydrogens (primary N) is 3. The second-order valence-electron chi connectivity index (χ2n) is 15.9. The fourth-order valence-electron chi connectivity index (χ4n) is 7.85. The van der Waals surface area contributed by atoms with Gasteiger partial charge in [-0.1, -0.05) is 54.6 Å².